The second-order valence-electron chi connectivity index (χ2n) is 5.76. The van der Waals surface area contributed by atoms with Crippen molar-refractivity contribution >= 4 is 39.8 Å². The number of urea groups is 2. The summed E-state index contributed by atoms with van der Waals surface area (Å²) in [7, 11) is 0. The molecule has 0 unspecified atom stereocenters. The van der Waals surface area contributed by atoms with Crippen LogP contribution in [-0.2, 0) is 15.1 Å². The van der Waals surface area contributed by atoms with E-state index in [1.807, 2.05) is 6.92 Å². The minimum Gasteiger partial charge on any atom is -0.338 e. The summed E-state index contributed by atoms with van der Waals surface area (Å²) in [4.78, 5) is 49.0. The molecule has 2 rings (SSSR count). The molecule has 1 aromatic carbocycles. The highest BCUT2D eigenvalue weighted by Gasteiger charge is 2.49. The molecule has 3 N–H and O–H groups in total. The number of amides is 6. The van der Waals surface area contributed by atoms with Crippen LogP contribution in [0.2, 0.25) is 0 Å². The van der Waals surface area contributed by atoms with Crippen molar-refractivity contribution < 1.29 is 19.2 Å². The van der Waals surface area contributed by atoms with Gasteiger partial charge in [-0.3, -0.25) is 19.8 Å². The number of hydrogen-bond donors (Lipinski definition) is 3. The van der Waals surface area contributed by atoms with Gasteiger partial charge in [-0.15, -0.1) is 0 Å². The lowest BCUT2D eigenvalue weighted by molar-refractivity contribution is -0.134. The van der Waals surface area contributed by atoms with Crippen molar-refractivity contribution in [3.8, 4) is 0 Å². The highest BCUT2D eigenvalue weighted by Crippen LogP contribution is 2.30. The van der Waals surface area contributed by atoms with Crippen molar-refractivity contribution in [2.24, 2.45) is 0 Å². The Hall–Kier alpha value is -2.42. The van der Waals surface area contributed by atoms with Gasteiger partial charge < -0.3 is 10.6 Å². The molecule has 1 aliphatic rings. The van der Waals surface area contributed by atoms with Gasteiger partial charge in [-0.2, -0.15) is 0 Å². The fraction of sp³-hybridized carbons (Fsp3) is 0.375. The summed E-state index contributed by atoms with van der Waals surface area (Å²) in [6.07, 6.45) is 0.722. The lowest BCUT2D eigenvalue weighted by atomic mass is 9.92. The Morgan fingerprint density at radius 1 is 1.32 bits per heavy atom. The molecular weight excluding hydrogens is 392 g/mol. The summed E-state index contributed by atoms with van der Waals surface area (Å²) in [5, 5.41) is 7.17. The van der Waals surface area contributed by atoms with Crippen molar-refractivity contribution in [1.29, 1.82) is 0 Å². The SMILES string of the molecule is CCCNC(=O)NC(=O)CN1C(=O)N[C@@](C)(c2cccc(Br)c2)C1=O. The lowest BCUT2D eigenvalue weighted by Crippen LogP contribution is -2.47. The standard InChI is InChI=1S/C16H19BrN4O4/c1-3-7-18-14(24)19-12(22)9-21-13(23)16(2,20-15(21)25)10-5-4-6-11(17)8-10/h4-6,8H,3,7,9H2,1-2H3,(H,20,25)(H2,18,19,22,24)/t16-/m0/s1. The van der Waals surface area contributed by atoms with Gasteiger partial charge in [0.2, 0.25) is 5.91 Å². The second kappa shape index (κ2) is 7.64. The number of carbonyl (C=O) groups excluding carboxylic acids is 4. The Balaban J connectivity index is 2.08. The first-order valence-electron chi connectivity index (χ1n) is 7.75. The van der Waals surface area contributed by atoms with Gasteiger partial charge in [-0.1, -0.05) is 35.0 Å². The van der Waals surface area contributed by atoms with Crippen LogP contribution in [0.25, 0.3) is 0 Å². The summed E-state index contributed by atoms with van der Waals surface area (Å²) < 4.78 is 0.761. The van der Waals surface area contributed by atoms with E-state index in [0.29, 0.717) is 12.1 Å². The zero-order valence-corrected chi connectivity index (χ0v) is 15.5. The van der Waals surface area contributed by atoms with Crippen LogP contribution in [-0.4, -0.2) is 41.9 Å². The summed E-state index contributed by atoms with van der Waals surface area (Å²) in [6.45, 7) is 3.33. The minimum absolute atomic E-state index is 0.420. The fourth-order valence-electron chi connectivity index (χ4n) is 2.43. The number of benzene rings is 1. The molecule has 8 nitrogen and oxygen atoms in total. The summed E-state index contributed by atoms with van der Waals surface area (Å²) in [5.41, 5.74) is -0.685. The Bertz CT molecular complexity index is 724. The van der Waals surface area contributed by atoms with Crippen LogP contribution in [0.3, 0.4) is 0 Å². The van der Waals surface area contributed by atoms with Crippen molar-refractivity contribution in [2.75, 3.05) is 13.1 Å². The van der Waals surface area contributed by atoms with Crippen molar-refractivity contribution in [1.82, 2.24) is 20.9 Å². The topological polar surface area (TPSA) is 108 Å². The van der Waals surface area contributed by atoms with E-state index in [2.05, 4.69) is 31.9 Å². The molecule has 0 saturated carbocycles. The minimum atomic E-state index is -1.27. The third-order valence-corrected chi connectivity index (χ3v) is 4.26. The van der Waals surface area contributed by atoms with Crippen molar-refractivity contribution in [2.45, 2.75) is 25.8 Å². The van der Waals surface area contributed by atoms with Crippen LogP contribution < -0.4 is 16.0 Å². The van der Waals surface area contributed by atoms with Gasteiger partial charge in [0.05, 0.1) is 0 Å². The van der Waals surface area contributed by atoms with Crippen molar-refractivity contribution in [3.05, 3.63) is 34.3 Å². The summed E-state index contributed by atoms with van der Waals surface area (Å²) in [6, 6.07) is 5.64. The monoisotopic (exact) mass is 410 g/mol. The molecular formula is C16H19BrN4O4. The fourth-order valence-corrected chi connectivity index (χ4v) is 2.83. The molecule has 1 aromatic rings. The highest BCUT2D eigenvalue weighted by molar-refractivity contribution is 9.10. The van der Waals surface area contributed by atoms with Gasteiger partial charge in [0.15, 0.2) is 0 Å². The van der Waals surface area contributed by atoms with Crippen LogP contribution >= 0.6 is 15.9 Å². The van der Waals surface area contributed by atoms with Crippen LogP contribution in [0, 0.1) is 0 Å². The molecule has 1 atom stereocenters. The Morgan fingerprint density at radius 3 is 2.68 bits per heavy atom. The Kier molecular flexibility index (Phi) is 5.78. The van der Waals surface area contributed by atoms with E-state index in [-0.39, 0.29) is 0 Å². The van der Waals surface area contributed by atoms with E-state index < -0.39 is 36.0 Å². The number of hydrogen-bond acceptors (Lipinski definition) is 4. The van der Waals surface area contributed by atoms with Gasteiger partial charge in [0.25, 0.3) is 5.91 Å². The normalized spacial score (nSPS) is 19.6. The molecule has 0 aliphatic carbocycles. The second-order valence-corrected chi connectivity index (χ2v) is 6.68. The van der Waals surface area contributed by atoms with Gasteiger partial charge in [0.1, 0.15) is 12.1 Å². The van der Waals surface area contributed by atoms with E-state index in [1.165, 1.54) is 0 Å². The molecule has 0 spiro atoms. The molecule has 1 aliphatic heterocycles. The largest absolute Gasteiger partial charge is 0.338 e. The quantitative estimate of drug-likeness (QED) is 0.638. The summed E-state index contributed by atoms with van der Waals surface area (Å²) >= 11 is 3.33. The van der Waals surface area contributed by atoms with Gasteiger partial charge in [-0.05, 0) is 31.0 Å². The molecule has 1 heterocycles. The molecule has 0 aromatic heterocycles. The maximum atomic E-state index is 12.7. The molecule has 0 bridgehead atoms. The number of nitrogens with one attached hydrogen (secondary N) is 3. The molecule has 9 heteroatoms. The van der Waals surface area contributed by atoms with Gasteiger partial charge >= 0.3 is 12.1 Å². The number of nitrogens with zero attached hydrogens (tertiary/aromatic N) is 1. The molecule has 1 fully saturated rings. The zero-order valence-electron chi connectivity index (χ0n) is 13.9. The average Bonchev–Trinajstić information content (AvgIpc) is 2.77. The maximum absolute atomic E-state index is 12.7. The number of rotatable bonds is 5. The predicted octanol–water partition coefficient (Wildman–Crippen LogP) is 1.45. The lowest BCUT2D eigenvalue weighted by Gasteiger charge is -2.22. The van der Waals surface area contributed by atoms with E-state index >= 15 is 0 Å². The molecule has 6 amide bonds. The van der Waals surface area contributed by atoms with E-state index in [0.717, 1.165) is 15.8 Å². The van der Waals surface area contributed by atoms with Gasteiger partial charge in [0, 0.05) is 11.0 Å². The zero-order chi connectivity index (χ0) is 18.6. The number of carbonyl (C=O) groups is 4. The average molecular weight is 411 g/mol. The highest BCUT2D eigenvalue weighted by atomic mass is 79.9. The third-order valence-electron chi connectivity index (χ3n) is 3.77. The van der Waals surface area contributed by atoms with Gasteiger partial charge in [-0.25, -0.2) is 9.59 Å². The van der Waals surface area contributed by atoms with E-state index in [4.69, 9.17) is 0 Å². The smallest absolute Gasteiger partial charge is 0.325 e. The van der Waals surface area contributed by atoms with Crippen LogP contribution in [0.5, 0.6) is 0 Å². The van der Waals surface area contributed by atoms with E-state index in [9.17, 15) is 19.2 Å². The predicted molar refractivity (Wildman–Crippen MR) is 93.6 cm³/mol. The van der Waals surface area contributed by atoms with Crippen LogP contribution in [0.1, 0.15) is 25.8 Å². The Morgan fingerprint density at radius 2 is 2.04 bits per heavy atom. The molecule has 25 heavy (non-hydrogen) atoms. The molecule has 0 radical (unpaired) electrons. The third kappa shape index (κ3) is 4.16. The molecule has 1 saturated heterocycles. The first-order chi connectivity index (χ1) is 11.8. The first-order valence-corrected chi connectivity index (χ1v) is 8.55. The van der Waals surface area contributed by atoms with Crippen LogP contribution in [0.4, 0.5) is 9.59 Å². The Labute approximate surface area is 153 Å². The van der Waals surface area contributed by atoms with E-state index in [1.54, 1.807) is 31.2 Å². The molecule has 134 valence electrons. The summed E-state index contributed by atoms with van der Waals surface area (Å²) in [5.74, 6) is -1.30. The first kappa shape index (κ1) is 18.9. The number of halogens is 1. The maximum Gasteiger partial charge on any atom is 0.325 e. The van der Waals surface area contributed by atoms with Crippen LogP contribution in [0.15, 0.2) is 28.7 Å². The van der Waals surface area contributed by atoms with Crippen molar-refractivity contribution in [3.63, 3.8) is 0 Å². The number of imide groups is 2.